The van der Waals surface area contributed by atoms with Gasteiger partial charge in [0.15, 0.2) is 0 Å². The first kappa shape index (κ1) is 13.1. The summed E-state index contributed by atoms with van der Waals surface area (Å²) >= 11 is 0. The molecule has 1 aliphatic rings. The van der Waals surface area contributed by atoms with Crippen LogP contribution in [-0.2, 0) is 6.54 Å². The molecule has 98 valence electrons. The number of nitrogens with one attached hydrogen (secondary N) is 1. The van der Waals surface area contributed by atoms with Gasteiger partial charge in [0.05, 0.1) is 12.8 Å². The zero-order valence-corrected chi connectivity index (χ0v) is 11.3. The number of ether oxygens (including phenoxy) is 1. The van der Waals surface area contributed by atoms with Gasteiger partial charge >= 0.3 is 0 Å². The second-order valence-corrected chi connectivity index (χ2v) is 4.82. The van der Waals surface area contributed by atoms with Crippen molar-refractivity contribution in [2.75, 3.05) is 13.7 Å². The van der Waals surface area contributed by atoms with Crippen LogP contribution in [0.2, 0.25) is 0 Å². The fourth-order valence-electron chi connectivity index (χ4n) is 2.34. The summed E-state index contributed by atoms with van der Waals surface area (Å²) in [5.74, 6) is 0.887. The summed E-state index contributed by atoms with van der Waals surface area (Å²) in [7, 11) is 1.69. The van der Waals surface area contributed by atoms with Crippen LogP contribution in [-0.4, -0.2) is 18.6 Å². The van der Waals surface area contributed by atoms with Gasteiger partial charge in [-0.25, -0.2) is 0 Å². The number of nitrogens with zero attached hydrogens (tertiary/aromatic N) is 1. The first-order chi connectivity index (χ1) is 8.78. The minimum absolute atomic E-state index is 0.811. The molecule has 0 saturated carbocycles. The summed E-state index contributed by atoms with van der Waals surface area (Å²) in [6, 6.07) is 3.95. The molecule has 1 aromatic heterocycles. The number of hydrogen-bond donors (Lipinski definition) is 1. The molecule has 0 bridgehead atoms. The van der Waals surface area contributed by atoms with Crippen molar-refractivity contribution in [3.8, 4) is 5.75 Å². The molecule has 0 unspecified atom stereocenters. The third-order valence-electron chi connectivity index (χ3n) is 3.28. The number of methoxy groups -OCH3 is 1. The van der Waals surface area contributed by atoms with E-state index in [1.807, 2.05) is 19.1 Å². The van der Waals surface area contributed by atoms with E-state index in [4.69, 9.17) is 4.74 Å². The zero-order valence-electron chi connectivity index (χ0n) is 11.3. The highest BCUT2D eigenvalue weighted by Gasteiger charge is 2.04. The molecule has 0 fully saturated rings. The lowest BCUT2D eigenvalue weighted by atomic mass is 10.2. The van der Waals surface area contributed by atoms with Crippen molar-refractivity contribution < 1.29 is 4.74 Å². The Balaban J connectivity index is 1.77. The molecular weight excluding hydrogens is 224 g/mol. The van der Waals surface area contributed by atoms with E-state index in [2.05, 4.69) is 16.4 Å². The second kappa shape index (κ2) is 6.55. The van der Waals surface area contributed by atoms with E-state index < -0.39 is 0 Å². The van der Waals surface area contributed by atoms with E-state index in [-0.39, 0.29) is 0 Å². The Morgan fingerprint density at radius 3 is 3.00 bits per heavy atom. The molecule has 1 aliphatic carbocycles. The third kappa shape index (κ3) is 3.84. The molecule has 1 N–H and O–H groups in total. The molecule has 3 nitrogen and oxygen atoms in total. The molecule has 0 saturated heterocycles. The van der Waals surface area contributed by atoms with Crippen LogP contribution < -0.4 is 10.1 Å². The highest BCUT2D eigenvalue weighted by molar-refractivity contribution is 5.26. The van der Waals surface area contributed by atoms with Crippen LogP contribution in [0.25, 0.3) is 0 Å². The predicted octanol–water partition coefficient (Wildman–Crippen LogP) is 2.99. The minimum atomic E-state index is 0.811. The molecule has 3 heteroatoms. The Hall–Kier alpha value is -1.35. The number of allylic oxidation sites excluding steroid dienone is 1. The molecule has 0 aromatic carbocycles. The summed E-state index contributed by atoms with van der Waals surface area (Å²) in [6.45, 7) is 3.84. The molecule has 0 aliphatic heterocycles. The Bertz CT molecular complexity index is 427. The summed E-state index contributed by atoms with van der Waals surface area (Å²) in [5.41, 5.74) is 3.66. The van der Waals surface area contributed by atoms with Gasteiger partial charge in [-0.2, -0.15) is 0 Å². The van der Waals surface area contributed by atoms with Crippen molar-refractivity contribution in [1.29, 1.82) is 0 Å². The van der Waals surface area contributed by atoms with Crippen LogP contribution in [0.15, 0.2) is 23.8 Å². The fraction of sp³-hybridized carbons (Fsp3) is 0.533. The van der Waals surface area contributed by atoms with Crippen LogP contribution in [0.5, 0.6) is 5.75 Å². The summed E-state index contributed by atoms with van der Waals surface area (Å²) in [6.07, 6.45) is 7.45. The van der Waals surface area contributed by atoms with Crippen LogP contribution in [0, 0.1) is 6.92 Å². The molecule has 0 spiro atoms. The summed E-state index contributed by atoms with van der Waals surface area (Å²) in [4.78, 5) is 4.49. The van der Waals surface area contributed by atoms with Gasteiger partial charge < -0.3 is 10.1 Å². The largest absolute Gasteiger partial charge is 0.497 e. The van der Waals surface area contributed by atoms with Gasteiger partial charge in [0, 0.05) is 24.4 Å². The van der Waals surface area contributed by atoms with Gasteiger partial charge in [0.1, 0.15) is 5.75 Å². The SMILES string of the molecule is COc1cc(C)nc(CNCCC2=CCCC2)c1. The number of aromatic nitrogens is 1. The third-order valence-corrected chi connectivity index (χ3v) is 3.28. The lowest BCUT2D eigenvalue weighted by molar-refractivity contribution is 0.412. The van der Waals surface area contributed by atoms with Crippen LogP contribution in [0.4, 0.5) is 0 Å². The molecule has 1 aromatic rings. The molecule has 0 radical (unpaired) electrons. The van der Waals surface area contributed by atoms with Crippen molar-refractivity contribution >= 4 is 0 Å². The Morgan fingerprint density at radius 2 is 2.28 bits per heavy atom. The topological polar surface area (TPSA) is 34.1 Å². The standard InChI is InChI=1S/C15H22N2O/c1-12-9-15(18-2)10-14(17-12)11-16-8-7-13-5-3-4-6-13/h5,9-10,16H,3-4,6-8,11H2,1-2H3. The maximum atomic E-state index is 5.25. The van der Waals surface area contributed by atoms with Crippen molar-refractivity contribution in [3.05, 3.63) is 35.2 Å². The molecule has 2 rings (SSSR count). The van der Waals surface area contributed by atoms with E-state index in [0.717, 1.165) is 30.2 Å². The lowest BCUT2D eigenvalue weighted by Crippen LogP contribution is -2.16. The van der Waals surface area contributed by atoms with Crippen LogP contribution in [0.1, 0.15) is 37.1 Å². The smallest absolute Gasteiger partial charge is 0.122 e. The molecular formula is C15H22N2O. The van der Waals surface area contributed by atoms with Crippen molar-refractivity contribution in [2.45, 2.75) is 39.2 Å². The first-order valence-electron chi connectivity index (χ1n) is 6.68. The van der Waals surface area contributed by atoms with Gasteiger partial charge in [-0.1, -0.05) is 11.6 Å². The highest BCUT2D eigenvalue weighted by atomic mass is 16.5. The van der Waals surface area contributed by atoms with Crippen molar-refractivity contribution in [1.82, 2.24) is 10.3 Å². The quantitative estimate of drug-likeness (QED) is 0.619. The summed E-state index contributed by atoms with van der Waals surface area (Å²) in [5, 5.41) is 3.45. The highest BCUT2D eigenvalue weighted by Crippen LogP contribution is 2.19. The molecule has 0 atom stereocenters. The van der Waals surface area contributed by atoms with Crippen LogP contribution >= 0.6 is 0 Å². The maximum absolute atomic E-state index is 5.25. The van der Waals surface area contributed by atoms with Crippen molar-refractivity contribution in [2.24, 2.45) is 0 Å². The van der Waals surface area contributed by atoms with Gasteiger partial charge in [0.25, 0.3) is 0 Å². The predicted molar refractivity (Wildman–Crippen MR) is 73.8 cm³/mol. The average Bonchev–Trinajstić information content (AvgIpc) is 2.87. The zero-order chi connectivity index (χ0) is 12.8. The van der Waals surface area contributed by atoms with Gasteiger partial charge in [-0.05, 0) is 39.2 Å². The molecule has 1 heterocycles. The monoisotopic (exact) mass is 246 g/mol. The number of hydrogen-bond acceptors (Lipinski definition) is 3. The number of pyridine rings is 1. The molecule has 18 heavy (non-hydrogen) atoms. The van der Waals surface area contributed by atoms with Gasteiger partial charge in [-0.3, -0.25) is 4.98 Å². The fourth-order valence-corrected chi connectivity index (χ4v) is 2.34. The number of aryl methyl sites for hydroxylation is 1. The molecule has 0 amide bonds. The lowest BCUT2D eigenvalue weighted by Gasteiger charge is -2.08. The van der Waals surface area contributed by atoms with Gasteiger partial charge in [-0.15, -0.1) is 0 Å². The van der Waals surface area contributed by atoms with Crippen molar-refractivity contribution in [3.63, 3.8) is 0 Å². The summed E-state index contributed by atoms with van der Waals surface area (Å²) < 4.78 is 5.25. The van der Waals surface area contributed by atoms with E-state index in [9.17, 15) is 0 Å². The average molecular weight is 246 g/mol. The Morgan fingerprint density at radius 1 is 1.39 bits per heavy atom. The normalized spacial score (nSPS) is 14.7. The second-order valence-electron chi connectivity index (χ2n) is 4.82. The Kier molecular flexibility index (Phi) is 4.76. The van der Waals surface area contributed by atoms with Crippen LogP contribution in [0.3, 0.4) is 0 Å². The van der Waals surface area contributed by atoms with E-state index in [0.29, 0.717) is 0 Å². The maximum Gasteiger partial charge on any atom is 0.122 e. The first-order valence-corrected chi connectivity index (χ1v) is 6.68. The number of rotatable bonds is 6. The van der Waals surface area contributed by atoms with E-state index >= 15 is 0 Å². The Labute approximate surface area is 109 Å². The van der Waals surface area contributed by atoms with Gasteiger partial charge in [0.2, 0.25) is 0 Å². The van der Waals surface area contributed by atoms with E-state index in [1.165, 1.54) is 25.7 Å². The minimum Gasteiger partial charge on any atom is -0.497 e. The van der Waals surface area contributed by atoms with E-state index in [1.54, 1.807) is 12.7 Å².